The van der Waals surface area contributed by atoms with Crippen LogP contribution < -0.4 is 15.8 Å². The van der Waals surface area contributed by atoms with E-state index in [1.54, 1.807) is 6.07 Å². The molecule has 1 aliphatic carbocycles. The predicted molar refractivity (Wildman–Crippen MR) is 79.9 cm³/mol. The number of fused-ring (bicyclic) bond motifs is 1. The summed E-state index contributed by atoms with van der Waals surface area (Å²) in [6, 6.07) is 5.46. The second-order valence-electron chi connectivity index (χ2n) is 5.90. The minimum absolute atomic E-state index is 0.103. The van der Waals surface area contributed by atoms with Crippen molar-refractivity contribution in [3.63, 3.8) is 0 Å². The van der Waals surface area contributed by atoms with E-state index >= 15 is 0 Å². The third-order valence-electron chi connectivity index (χ3n) is 4.58. The zero-order valence-corrected chi connectivity index (χ0v) is 12.3. The van der Waals surface area contributed by atoms with Crippen molar-refractivity contribution in [2.45, 2.75) is 43.0 Å². The van der Waals surface area contributed by atoms with Crippen LogP contribution in [0.15, 0.2) is 23.1 Å². The van der Waals surface area contributed by atoms with E-state index in [4.69, 9.17) is 10.9 Å². The second kappa shape index (κ2) is 4.93. The topological polar surface area (TPSA) is 89.4 Å². The van der Waals surface area contributed by atoms with Crippen molar-refractivity contribution < 1.29 is 8.42 Å². The molecule has 0 bridgehead atoms. The number of hydrogen-bond acceptors (Lipinski definition) is 4. The first-order valence-corrected chi connectivity index (χ1v) is 8.70. The van der Waals surface area contributed by atoms with Gasteiger partial charge in [0.1, 0.15) is 0 Å². The zero-order chi connectivity index (χ0) is 14.3. The van der Waals surface area contributed by atoms with E-state index in [9.17, 15) is 8.42 Å². The standard InChI is InChI=1S/C14H21N3O2S/c15-11-7-12(9-13(8-11)20(16,18)19)17-6-5-10-3-1-2-4-14(10)17/h7-10,14H,1-6,15H2,(H2,16,18,19). The van der Waals surface area contributed by atoms with E-state index in [0.717, 1.165) is 18.2 Å². The molecule has 2 atom stereocenters. The molecular weight excluding hydrogens is 274 g/mol. The summed E-state index contributed by atoms with van der Waals surface area (Å²) >= 11 is 0. The van der Waals surface area contributed by atoms with Gasteiger partial charge in [-0.15, -0.1) is 0 Å². The normalized spacial score (nSPS) is 26.6. The van der Waals surface area contributed by atoms with Crippen LogP contribution in [0.5, 0.6) is 0 Å². The fourth-order valence-electron chi connectivity index (χ4n) is 3.66. The lowest BCUT2D eigenvalue weighted by Crippen LogP contribution is -2.34. The summed E-state index contributed by atoms with van der Waals surface area (Å²) in [6.07, 6.45) is 6.22. The number of nitrogens with two attached hydrogens (primary N) is 2. The van der Waals surface area contributed by atoms with Crippen molar-refractivity contribution in [3.05, 3.63) is 18.2 Å². The molecule has 1 aromatic rings. The number of primary sulfonamides is 1. The van der Waals surface area contributed by atoms with Gasteiger partial charge in [0.2, 0.25) is 10.0 Å². The minimum Gasteiger partial charge on any atom is -0.399 e. The van der Waals surface area contributed by atoms with Gasteiger partial charge in [0.25, 0.3) is 0 Å². The van der Waals surface area contributed by atoms with Crippen LogP contribution in [0.1, 0.15) is 32.1 Å². The highest BCUT2D eigenvalue weighted by atomic mass is 32.2. The van der Waals surface area contributed by atoms with E-state index in [0.29, 0.717) is 11.7 Å². The zero-order valence-electron chi connectivity index (χ0n) is 11.5. The summed E-state index contributed by atoms with van der Waals surface area (Å²) in [4.78, 5) is 2.42. The Hall–Kier alpha value is -1.27. The monoisotopic (exact) mass is 295 g/mol. The summed E-state index contributed by atoms with van der Waals surface area (Å²) in [5, 5.41) is 5.22. The SMILES string of the molecule is Nc1cc(N2CCC3CCCCC32)cc(S(N)(=O)=O)c1. The summed E-state index contributed by atoms with van der Waals surface area (Å²) in [5.74, 6) is 0.739. The van der Waals surface area contributed by atoms with Gasteiger partial charge in [-0.25, -0.2) is 13.6 Å². The number of rotatable bonds is 2. The van der Waals surface area contributed by atoms with E-state index in [-0.39, 0.29) is 4.90 Å². The van der Waals surface area contributed by atoms with Gasteiger partial charge in [-0.3, -0.25) is 0 Å². The molecule has 0 aromatic heterocycles. The Morgan fingerprint density at radius 1 is 1.10 bits per heavy atom. The lowest BCUT2D eigenvalue weighted by molar-refractivity contribution is 0.342. The van der Waals surface area contributed by atoms with Crippen LogP contribution in [0.2, 0.25) is 0 Å². The maximum Gasteiger partial charge on any atom is 0.238 e. The Kier molecular flexibility index (Phi) is 3.38. The lowest BCUT2D eigenvalue weighted by Gasteiger charge is -2.33. The molecule has 20 heavy (non-hydrogen) atoms. The number of benzene rings is 1. The van der Waals surface area contributed by atoms with Crippen LogP contribution in [-0.4, -0.2) is 21.0 Å². The van der Waals surface area contributed by atoms with Gasteiger partial charge in [-0.1, -0.05) is 12.8 Å². The number of nitrogen functional groups attached to an aromatic ring is 1. The van der Waals surface area contributed by atoms with Crippen molar-refractivity contribution in [1.82, 2.24) is 0 Å². The maximum atomic E-state index is 11.5. The first kappa shape index (κ1) is 13.7. The molecule has 1 saturated carbocycles. The quantitative estimate of drug-likeness (QED) is 0.812. The first-order chi connectivity index (χ1) is 9.45. The largest absolute Gasteiger partial charge is 0.399 e. The van der Waals surface area contributed by atoms with Crippen molar-refractivity contribution in [2.24, 2.45) is 11.1 Å². The molecule has 110 valence electrons. The van der Waals surface area contributed by atoms with Gasteiger partial charge >= 0.3 is 0 Å². The van der Waals surface area contributed by atoms with Crippen LogP contribution in [0.4, 0.5) is 11.4 Å². The van der Waals surface area contributed by atoms with Crippen molar-refractivity contribution >= 4 is 21.4 Å². The van der Waals surface area contributed by atoms with Crippen LogP contribution in [0.25, 0.3) is 0 Å². The van der Waals surface area contributed by atoms with Gasteiger partial charge in [-0.05, 0) is 43.4 Å². The molecule has 2 fully saturated rings. The Labute approximate surface area is 120 Å². The van der Waals surface area contributed by atoms with Crippen LogP contribution in [0, 0.1) is 5.92 Å². The van der Waals surface area contributed by atoms with Gasteiger partial charge in [0, 0.05) is 24.0 Å². The van der Waals surface area contributed by atoms with Gasteiger partial charge in [0.05, 0.1) is 4.90 Å². The number of nitrogens with zero attached hydrogens (tertiary/aromatic N) is 1. The summed E-state index contributed by atoms with van der Waals surface area (Å²) in [5.41, 5.74) is 7.19. The van der Waals surface area contributed by atoms with Crippen molar-refractivity contribution in [2.75, 3.05) is 17.2 Å². The fourth-order valence-corrected chi connectivity index (χ4v) is 4.25. The Bertz CT molecular complexity index is 615. The first-order valence-electron chi connectivity index (χ1n) is 7.15. The second-order valence-corrected chi connectivity index (χ2v) is 7.46. The highest BCUT2D eigenvalue weighted by Gasteiger charge is 2.36. The lowest BCUT2D eigenvalue weighted by atomic mass is 9.85. The summed E-state index contributed by atoms with van der Waals surface area (Å²) in [7, 11) is -3.71. The molecule has 1 aromatic carbocycles. The Morgan fingerprint density at radius 2 is 1.85 bits per heavy atom. The van der Waals surface area contributed by atoms with E-state index < -0.39 is 10.0 Å². The van der Waals surface area contributed by atoms with Gasteiger partial charge in [0.15, 0.2) is 0 Å². The van der Waals surface area contributed by atoms with Gasteiger partial charge < -0.3 is 10.6 Å². The molecule has 0 amide bonds. The highest BCUT2D eigenvalue weighted by Crippen LogP contribution is 2.39. The summed E-state index contributed by atoms with van der Waals surface area (Å²) < 4.78 is 23.1. The molecule has 1 aliphatic heterocycles. The molecule has 3 rings (SSSR count). The predicted octanol–water partition coefficient (Wildman–Crippen LogP) is 1.69. The maximum absolute atomic E-state index is 11.5. The molecule has 2 aliphatic rings. The van der Waals surface area contributed by atoms with Gasteiger partial charge in [-0.2, -0.15) is 0 Å². The van der Waals surface area contributed by atoms with E-state index in [1.165, 1.54) is 38.2 Å². The van der Waals surface area contributed by atoms with Crippen LogP contribution in [0.3, 0.4) is 0 Å². The molecule has 1 saturated heterocycles. The van der Waals surface area contributed by atoms with Crippen LogP contribution in [-0.2, 0) is 10.0 Å². The number of sulfonamides is 1. The average Bonchev–Trinajstić information content (AvgIpc) is 2.80. The molecule has 4 N–H and O–H groups in total. The fraction of sp³-hybridized carbons (Fsp3) is 0.571. The highest BCUT2D eigenvalue weighted by molar-refractivity contribution is 7.89. The number of hydrogen-bond donors (Lipinski definition) is 2. The summed E-state index contributed by atoms with van der Waals surface area (Å²) in [6.45, 7) is 0.975. The molecule has 5 nitrogen and oxygen atoms in total. The molecule has 0 radical (unpaired) electrons. The number of anilines is 2. The van der Waals surface area contributed by atoms with E-state index in [1.807, 2.05) is 6.07 Å². The third-order valence-corrected chi connectivity index (χ3v) is 5.48. The Morgan fingerprint density at radius 3 is 2.60 bits per heavy atom. The average molecular weight is 295 g/mol. The molecule has 0 spiro atoms. The Balaban J connectivity index is 1.96. The smallest absolute Gasteiger partial charge is 0.238 e. The van der Waals surface area contributed by atoms with Crippen LogP contribution >= 0.6 is 0 Å². The molecule has 1 heterocycles. The van der Waals surface area contributed by atoms with Crippen molar-refractivity contribution in [1.29, 1.82) is 0 Å². The van der Waals surface area contributed by atoms with Crippen molar-refractivity contribution in [3.8, 4) is 0 Å². The minimum atomic E-state index is -3.71. The molecule has 6 heteroatoms. The van der Waals surface area contributed by atoms with E-state index in [2.05, 4.69) is 4.90 Å². The molecule has 2 unspecified atom stereocenters. The molecular formula is C14H21N3O2S. The third kappa shape index (κ3) is 2.50.